The number of benzene rings is 1. The summed E-state index contributed by atoms with van der Waals surface area (Å²) in [7, 11) is 0. The van der Waals surface area contributed by atoms with E-state index in [1.807, 2.05) is 6.26 Å². The second-order valence-electron chi connectivity index (χ2n) is 2.88. The average Bonchev–Trinajstić information content (AvgIpc) is 2.22. The van der Waals surface area contributed by atoms with Gasteiger partial charge in [0.05, 0.1) is 4.47 Å². The molecule has 1 aromatic carbocycles. The van der Waals surface area contributed by atoms with Crippen LogP contribution in [0.25, 0.3) is 0 Å². The van der Waals surface area contributed by atoms with E-state index < -0.39 is 5.82 Å². The van der Waals surface area contributed by atoms with E-state index in [1.165, 1.54) is 12.1 Å². The first-order chi connectivity index (χ1) is 7.15. The van der Waals surface area contributed by atoms with Gasteiger partial charge < -0.3 is 5.32 Å². The summed E-state index contributed by atoms with van der Waals surface area (Å²) in [5, 5.41) is 2.70. The molecule has 1 N–H and O–H groups in total. The second-order valence-corrected chi connectivity index (χ2v) is 4.72. The fraction of sp³-hybridized carbons (Fsp3) is 0.300. The predicted octanol–water partition coefficient (Wildman–Crippen LogP) is 2.68. The number of thioether (sulfide) groups is 1. The van der Waals surface area contributed by atoms with Crippen molar-refractivity contribution in [1.82, 2.24) is 5.32 Å². The standard InChI is InChI=1S/C10H11BrFNOS/c1-15-5-4-13-10(14)7-2-3-8(11)9(12)6-7/h2-3,6H,4-5H2,1H3,(H,13,14). The number of carbonyl (C=O) groups is 1. The Balaban J connectivity index is 2.62. The molecular formula is C10H11BrFNOS. The topological polar surface area (TPSA) is 29.1 Å². The van der Waals surface area contributed by atoms with Crippen molar-refractivity contribution in [2.75, 3.05) is 18.6 Å². The zero-order chi connectivity index (χ0) is 11.3. The molecule has 1 amide bonds. The van der Waals surface area contributed by atoms with Gasteiger partial charge in [-0.1, -0.05) is 0 Å². The molecule has 0 heterocycles. The third-order valence-corrected chi connectivity index (χ3v) is 3.03. The third-order valence-electron chi connectivity index (χ3n) is 1.77. The quantitative estimate of drug-likeness (QED) is 0.864. The van der Waals surface area contributed by atoms with Gasteiger partial charge in [0, 0.05) is 17.9 Å². The molecule has 0 aliphatic rings. The molecule has 0 spiro atoms. The van der Waals surface area contributed by atoms with E-state index in [0.29, 0.717) is 16.6 Å². The molecule has 0 fully saturated rings. The molecular weight excluding hydrogens is 281 g/mol. The SMILES string of the molecule is CSCCNC(=O)c1ccc(Br)c(F)c1. The molecule has 1 aromatic rings. The second kappa shape index (κ2) is 6.12. The molecule has 0 aliphatic carbocycles. The molecule has 5 heteroatoms. The fourth-order valence-electron chi connectivity index (χ4n) is 1.01. The number of hydrogen-bond donors (Lipinski definition) is 1. The Morgan fingerprint density at radius 1 is 1.60 bits per heavy atom. The lowest BCUT2D eigenvalue weighted by atomic mass is 10.2. The molecule has 0 saturated carbocycles. The lowest BCUT2D eigenvalue weighted by molar-refractivity contribution is 0.0955. The summed E-state index contributed by atoms with van der Waals surface area (Å²) < 4.78 is 13.5. The van der Waals surface area contributed by atoms with Gasteiger partial charge >= 0.3 is 0 Å². The largest absolute Gasteiger partial charge is 0.351 e. The zero-order valence-electron chi connectivity index (χ0n) is 8.22. The lowest BCUT2D eigenvalue weighted by Gasteiger charge is -2.04. The molecule has 0 aromatic heterocycles. The van der Waals surface area contributed by atoms with Gasteiger partial charge in [0.15, 0.2) is 0 Å². The Morgan fingerprint density at radius 3 is 2.93 bits per heavy atom. The Bertz CT molecular complexity index is 359. The molecule has 0 radical (unpaired) electrons. The van der Waals surface area contributed by atoms with Gasteiger partial charge in [0.1, 0.15) is 5.82 Å². The summed E-state index contributed by atoms with van der Waals surface area (Å²) in [5.41, 5.74) is 0.344. The number of rotatable bonds is 4. The molecule has 0 atom stereocenters. The van der Waals surface area contributed by atoms with Crippen LogP contribution in [0, 0.1) is 5.82 Å². The number of carbonyl (C=O) groups excluding carboxylic acids is 1. The van der Waals surface area contributed by atoms with E-state index in [4.69, 9.17) is 0 Å². The fourth-order valence-corrected chi connectivity index (χ4v) is 1.56. The molecule has 15 heavy (non-hydrogen) atoms. The van der Waals surface area contributed by atoms with E-state index in [1.54, 1.807) is 17.8 Å². The van der Waals surface area contributed by atoms with Crippen LogP contribution in [0.15, 0.2) is 22.7 Å². The summed E-state index contributed by atoms with van der Waals surface area (Å²) >= 11 is 4.68. The van der Waals surface area contributed by atoms with Crippen molar-refractivity contribution in [3.63, 3.8) is 0 Å². The van der Waals surface area contributed by atoms with Crippen LogP contribution in [-0.4, -0.2) is 24.5 Å². The highest BCUT2D eigenvalue weighted by Crippen LogP contribution is 2.16. The molecule has 2 nitrogen and oxygen atoms in total. The molecule has 82 valence electrons. The minimum absolute atomic E-state index is 0.240. The maximum Gasteiger partial charge on any atom is 0.251 e. The normalized spacial score (nSPS) is 10.1. The predicted molar refractivity (Wildman–Crippen MR) is 64.8 cm³/mol. The van der Waals surface area contributed by atoms with E-state index in [0.717, 1.165) is 5.75 Å². The van der Waals surface area contributed by atoms with E-state index in [9.17, 15) is 9.18 Å². The van der Waals surface area contributed by atoms with Crippen LogP contribution < -0.4 is 5.32 Å². The maximum atomic E-state index is 13.1. The van der Waals surface area contributed by atoms with Gasteiger partial charge in [-0.2, -0.15) is 11.8 Å². The smallest absolute Gasteiger partial charge is 0.251 e. The number of halogens is 2. The summed E-state index contributed by atoms with van der Waals surface area (Å²) in [6, 6.07) is 4.33. The van der Waals surface area contributed by atoms with Gasteiger partial charge in [-0.25, -0.2) is 4.39 Å². The van der Waals surface area contributed by atoms with Crippen molar-refractivity contribution in [2.45, 2.75) is 0 Å². The Kier molecular flexibility index (Phi) is 5.11. The van der Waals surface area contributed by atoms with Crippen LogP contribution in [0.4, 0.5) is 4.39 Å². The summed E-state index contributed by atoms with van der Waals surface area (Å²) in [5.74, 6) is 0.188. The number of amides is 1. The van der Waals surface area contributed by atoms with Gasteiger partial charge in [0.25, 0.3) is 5.91 Å². The van der Waals surface area contributed by atoms with Crippen molar-refractivity contribution in [1.29, 1.82) is 0 Å². The maximum absolute atomic E-state index is 13.1. The van der Waals surface area contributed by atoms with Gasteiger partial charge in [-0.15, -0.1) is 0 Å². The van der Waals surface area contributed by atoms with Crippen molar-refractivity contribution in [2.24, 2.45) is 0 Å². The summed E-state index contributed by atoms with van der Waals surface area (Å²) in [4.78, 5) is 11.5. The molecule has 1 rings (SSSR count). The van der Waals surface area contributed by atoms with E-state index in [2.05, 4.69) is 21.2 Å². The molecule has 0 bridgehead atoms. The van der Waals surface area contributed by atoms with E-state index >= 15 is 0 Å². The number of hydrogen-bond acceptors (Lipinski definition) is 2. The third kappa shape index (κ3) is 3.83. The van der Waals surface area contributed by atoms with Crippen molar-refractivity contribution in [3.8, 4) is 0 Å². The van der Waals surface area contributed by atoms with Crippen LogP contribution >= 0.6 is 27.7 Å². The van der Waals surface area contributed by atoms with Gasteiger partial charge in [-0.05, 0) is 40.4 Å². The Labute approximate surface area is 101 Å². The van der Waals surface area contributed by atoms with Crippen LogP contribution in [0.3, 0.4) is 0 Å². The van der Waals surface area contributed by atoms with Crippen molar-refractivity contribution >= 4 is 33.6 Å². The Hall–Kier alpha value is -0.550. The van der Waals surface area contributed by atoms with Crippen LogP contribution in [0.5, 0.6) is 0 Å². The minimum Gasteiger partial charge on any atom is -0.351 e. The summed E-state index contributed by atoms with van der Waals surface area (Å²) in [6.45, 7) is 0.595. The highest BCUT2D eigenvalue weighted by Gasteiger charge is 2.07. The highest BCUT2D eigenvalue weighted by molar-refractivity contribution is 9.10. The first kappa shape index (κ1) is 12.5. The monoisotopic (exact) mass is 291 g/mol. The first-order valence-electron chi connectivity index (χ1n) is 4.37. The van der Waals surface area contributed by atoms with Crippen LogP contribution in [-0.2, 0) is 0 Å². The Morgan fingerprint density at radius 2 is 2.33 bits per heavy atom. The first-order valence-corrected chi connectivity index (χ1v) is 6.56. The minimum atomic E-state index is -0.424. The molecule has 0 unspecified atom stereocenters. The molecule has 0 saturated heterocycles. The zero-order valence-corrected chi connectivity index (χ0v) is 10.6. The van der Waals surface area contributed by atoms with Crippen molar-refractivity contribution < 1.29 is 9.18 Å². The van der Waals surface area contributed by atoms with Crippen LogP contribution in [0.1, 0.15) is 10.4 Å². The van der Waals surface area contributed by atoms with Gasteiger partial charge in [0.2, 0.25) is 0 Å². The van der Waals surface area contributed by atoms with Gasteiger partial charge in [-0.3, -0.25) is 4.79 Å². The summed E-state index contributed by atoms with van der Waals surface area (Å²) in [6.07, 6.45) is 1.96. The molecule has 0 aliphatic heterocycles. The lowest BCUT2D eigenvalue weighted by Crippen LogP contribution is -2.25. The van der Waals surface area contributed by atoms with E-state index in [-0.39, 0.29) is 5.91 Å². The van der Waals surface area contributed by atoms with Crippen molar-refractivity contribution in [3.05, 3.63) is 34.1 Å². The number of nitrogens with one attached hydrogen (secondary N) is 1. The van der Waals surface area contributed by atoms with Crippen LogP contribution in [0.2, 0.25) is 0 Å². The highest BCUT2D eigenvalue weighted by atomic mass is 79.9. The average molecular weight is 292 g/mol.